The molecule has 0 atom stereocenters. The summed E-state index contributed by atoms with van der Waals surface area (Å²) in [5.41, 5.74) is 1.72. The molecule has 0 radical (unpaired) electrons. The Labute approximate surface area is 149 Å². The normalized spacial score (nSPS) is 10.8. The van der Waals surface area contributed by atoms with Crippen molar-refractivity contribution in [2.75, 3.05) is 18.6 Å². The van der Waals surface area contributed by atoms with Crippen LogP contribution in [0.1, 0.15) is 15.9 Å². The molecule has 1 heterocycles. The van der Waals surface area contributed by atoms with E-state index in [1.54, 1.807) is 36.9 Å². The third-order valence-corrected chi connectivity index (χ3v) is 4.50. The van der Waals surface area contributed by atoms with Crippen LogP contribution in [0.15, 0.2) is 57.7 Å². The van der Waals surface area contributed by atoms with Gasteiger partial charge in [0.25, 0.3) is 0 Å². The molecule has 0 N–H and O–H groups in total. The molecule has 3 rings (SSSR count). The van der Waals surface area contributed by atoms with E-state index in [0.717, 1.165) is 11.3 Å². The predicted molar refractivity (Wildman–Crippen MR) is 101 cm³/mol. The van der Waals surface area contributed by atoms with E-state index >= 15 is 0 Å². The van der Waals surface area contributed by atoms with Gasteiger partial charge in [-0.15, -0.1) is 0 Å². The van der Waals surface area contributed by atoms with Gasteiger partial charge in [0.05, 0.1) is 5.39 Å². The number of fused-ring (bicyclic) bond motifs is 1. The smallest absolute Gasteiger partial charge is 0.341 e. The molecule has 5 heteroatoms. The zero-order valence-corrected chi connectivity index (χ0v) is 14.9. The van der Waals surface area contributed by atoms with Crippen molar-refractivity contribution < 1.29 is 13.9 Å². The molecular weight excluding hydrogens is 336 g/mol. The van der Waals surface area contributed by atoms with Gasteiger partial charge >= 0.3 is 5.97 Å². The standard InChI is InChI=1S/C20H18O4S/c1-13-17(21)15-9-6-10-16(20(22)23-11-12-25-2)19(15)24-18(13)14-7-4-3-5-8-14/h3-10H,11-12H2,1-2H3. The first-order valence-corrected chi connectivity index (χ1v) is 9.30. The van der Waals surface area contributed by atoms with Crippen LogP contribution in [0, 0.1) is 6.92 Å². The summed E-state index contributed by atoms with van der Waals surface area (Å²) in [5.74, 6) is 0.711. The van der Waals surface area contributed by atoms with Crippen molar-refractivity contribution in [1.82, 2.24) is 0 Å². The fourth-order valence-corrected chi connectivity index (χ4v) is 2.88. The quantitative estimate of drug-likeness (QED) is 0.505. The Bertz CT molecular complexity index is 961. The fourth-order valence-electron chi connectivity index (χ4n) is 2.63. The second kappa shape index (κ2) is 7.57. The number of hydrogen-bond acceptors (Lipinski definition) is 5. The number of thioether (sulfide) groups is 1. The second-order valence-corrected chi connectivity index (χ2v) is 6.55. The minimum absolute atomic E-state index is 0.140. The van der Waals surface area contributed by atoms with Gasteiger partial charge in [-0.2, -0.15) is 11.8 Å². The van der Waals surface area contributed by atoms with E-state index in [-0.39, 0.29) is 16.6 Å². The van der Waals surface area contributed by atoms with Crippen LogP contribution in [0.25, 0.3) is 22.3 Å². The number of hydrogen-bond donors (Lipinski definition) is 0. The van der Waals surface area contributed by atoms with Gasteiger partial charge in [-0.05, 0) is 25.3 Å². The average Bonchev–Trinajstić information content (AvgIpc) is 2.65. The van der Waals surface area contributed by atoms with Crippen LogP contribution in [0.4, 0.5) is 0 Å². The summed E-state index contributed by atoms with van der Waals surface area (Å²) in [4.78, 5) is 25.1. The predicted octanol–water partition coefficient (Wildman–Crippen LogP) is 4.29. The summed E-state index contributed by atoms with van der Waals surface area (Å²) in [6, 6.07) is 14.4. The van der Waals surface area contributed by atoms with Gasteiger partial charge in [0.2, 0.25) is 0 Å². The largest absolute Gasteiger partial charge is 0.461 e. The van der Waals surface area contributed by atoms with E-state index < -0.39 is 5.97 Å². The van der Waals surface area contributed by atoms with Gasteiger partial charge in [-0.3, -0.25) is 4.79 Å². The van der Waals surface area contributed by atoms with E-state index in [9.17, 15) is 9.59 Å². The van der Waals surface area contributed by atoms with Gasteiger partial charge in [0.1, 0.15) is 17.9 Å². The second-order valence-electron chi connectivity index (χ2n) is 5.56. The Morgan fingerprint density at radius 1 is 1.12 bits per heavy atom. The van der Waals surface area contributed by atoms with Crippen molar-refractivity contribution in [1.29, 1.82) is 0 Å². The molecule has 4 nitrogen and oxygen atoms in total. The lowest BCUT2D eigenvalue weighted by atomic mass is 10.0. The molecular formula is C20H18O4S. The molecule has 0 amide bonds. The van der Waals surface area contributed by atoms with Crippen molar-refractivity contribution >= 4 is 28.7 Å². The van der Waals surface area contributed by atoms with E-state index in [1.807, 2.05) is 36.6 Å². The minimum Gasteiger partial charge on any atom is -0.461 e. The molecule has 0 aliphatic rings. The summed E-state index contributed by atoms with van der Waals surface area (Å²) in [6.07, 6.45) is 1.94. The number of carbonyl (C=O) groups excluding carboxylic acids is 1. The Balaban J connectivity index is 2.16. The Morgan fingerprint density at radius 2 is 1.88 bits per heavy atom. The number of ether oxygens (including phenoxy) is 1. The van der Waals surface area contributed by atoms with Crippen LogP contribution in [-0.4, -0.2) is 24.6 Å². The number of para-hydroxylation sites is 1. The molecule has 0 bridgehead atoms. The van der Waals surface area contributed by atoms with Crippen LogP contribution < -0.4 is 5.43 Å². The van der Waals surface area contributed by atoms with Gasteiger partial charge in [0, 0.05) is 16.9 Å². The highest BCUT2D eigenvalue weighted by Crippen LogP contribution is 2.27. The highest BCUT2D eigenvalue weighted by molar-refractivity contribution is 7.98. The van der Waals surface area contributed by atoms with Crippen LogP contribution >= 0.6 is 11.8 Å². The molecule has 0 aliphatic carbocycles. The minimum atomic E-state index is -0.481. The Kier molecular flexibility index (Phi) is 5.24. The van der Waals surface area contributed by atoms with E-state index in [0.29, 0.717) is 23.3 Å². The van der Waals surface area contributed by atoms with E-state index in [1.165, 1.54) is 0 Å². The maximum absolute atomic E-state index is 12.7. The Morgan fingerprint density at radius 3 is 2.60 bits per heavy atom. The molecule has 0 unspecified atom stereocenters. The van der Waals surface area contributed by atoms with Crippen LogP contribution in [0.2, 0.25) is 0 Å². The van der Waals surface area contributed by atoms with Crippen molar-refractivity contribution in [3.63, 3.8) is 0 Å². The third-order valence-electron chi connectivity index (χ3n) is 3.92. The maximum Gasteiger partial charge on any atom is 0.341 e. The topological polar surface area (TPSA) is 56.5 Å². The molecule has 0 spiro atoms. The molecule has 2 aromatic carbocycles. The summed E-state index contributed by atoms with van der Waals surface area (Å²) in [7, 11) is 0. The zero-order chi connectivity index (χ0) is 17.8. The van der Waals surface area contributed by atoms with E-state index in [4.69, 9.17) is 9.15 Å². The molecule has 0 aliphatic heterocycles. The van der Waals surface area contributed by atoms with Gasteiger partial charge in [-0.1, -0.05) is 36.4 Å². The molecule has 0 saturated heterocycles. The monoisotopic (exact) mass is 354 g/mol. The molecule has 25 heavy (non-hydrogen) atoms. The SMILES string of the molecule is CSCCOC(=O)c1cccc2c(=O)c(C)c(-c3ccccc3)oc12. The molecule has 0 saturated carbocycles. The lowest BCUT2D eigenvalue weighted by Gasteiger charge is -2.10. The molecule has 1 aromatic heterocycles. The summed E-state index contributed by atoms with van der Waals surface area (Å²) < 4.78 is 11.3. The first-order chi connectivity index (χ1) is 12.1. The lowest BCUT2D eigenvalue weighted by Crippen LogP contribution is -2.12. The number of esters is 1. The number of benzene rings is 2. The van der Waals surface area contributed by atoms with E-state index in [2.05, 4.69) is 0 Å². The van der Waals surface area contributed by atoms with Crippen molar-refractivity contribution in [3.8, 4) is 11.3 Å². The van der Waals surface area contributed by atoms with Gasteiger partial charge < -0.3 is 9.15 Å². The van der Waals surface area contributed by atoms with Crippen LogP contribution in [-0.2, 0) is 4.74 Å². The summed E-state index contributed by atoms with van der Waals surface area (Å²) in [5, 5.41) is 0.386. The lowest BCUT2D eigenvalue weighted by molar-refractivity contribution is 0.0531. The van der Waals surface area contributed by atoms with Crippen LogP contribution in [0.5, 0.6) is 0 Å². The zero-order valence-electron chi connectivity index (χ0n) is 14.1. The first kappa shape index (κ1) is 17.3. The van der Waals surface area contributed by atoms with Crippen molar-refractivity contribution in [2.45, 2.75) is 6.92 Å². The fraction of sp³-hybridized carbons (Fsp3) is 0.200. The number of rotatable bonds is 5. The maximum atomic E-state index is 12.7. The highest BCUT2D eigenvalue weighted by Gasteiger charge is 2.19. The number of carbonyl (C=O) groups is 1. The van der Waals surface area contributed by atoms with Crippen molar-refractivity contribution in [3.05, 3.63) is 69.9 Å². The third kappa shape index (κ3) is 3.46. The van der Waals surface area contributed by atoms with Gasteiger partial charge in [0.15, 0.2) is 11.0 Å². The van der Waals surface area contributed by atoms with Crippen molar-refractivity contribution in [2.24, 2.45) is 0 Å². The molecule has 3 aromatic rings. The average molecular weight is 354 g/mol. The summed E-state index contributed by atoms with van der Waals surface area (Å²) >= 11 is 1.60. The molecule has 0 fully saturated rings. The molecule has 128 valence electrons. The van der Waals surface area contributed by atoms with Crippen LogP contribution in [0.3, 0.4) is 0 Å². The summed E-state index contributed by atoms with van der Waals surface area (Å²) in [6.45, 7) is 2.05. The Hall–Kier alpha value is -2.53. The first-order valence-electron chi connectivity index (χ1n) is 7.91. The van der Waals surface area contributed by atoms with Gasteiger partial charge in [-0.25, -0.2) is 4.79 Å². The highest BCUT2D eigenvalue weighted by atomic mass is 32.2.